The highest BCUT2D eigenvalue weighted by atomic mass is 79.9. The molecule has 0 saturated carbocycles. The SMILES string of the molecule is CCOC(=O)[C@@H](C)Oc1c(OC)cc(C=Nn2c(CC)nc3ccc(Br)cc3c2=O)c(Br)c1Cl. The lowest BCUT2D eigenvalue weighted by molar-refractivity contribution is -0.150. The number of halogens is 3. The minimum absolute atomic E-state index is 0.178. The van der Waals surface area contributed by atoms with Gasteiger partial charge in [0, 0.05) is 20.9 Å². The monoisotopic (exact) mass is 613 g/mol. The van der Waals surface area contributed by atoms with E-state index in [9.17, 15) is 9.59 Å². The van der Waals surface area contributed by atoms with Crippen LogP contribution in [0.25, 0.3) is 10.9 Å². The second-order valence-corrected chi connectivity index (χ2v) is 9.13. The van der Waals surface area contributed by atoms with Gasteiger partial charge in [-0.2, -0.15) is 9.78 Å². The molecule has 1 aromatic heterocycles. The number of fused-ring (bicyclic) bond motifs is 1. The van der Waals surface area contributed by atoms with Crippen LogP contribution in [0.2, 0.25) is 5.02 Å². The highest BCUT2D eigenvalue weighted by Gasteiger charge is 2.23. The number of rotatable bonds is 8. The molecule has 0 aliphatic heterocycles. The van der Waals surface area contributed by atoms with Gasteiger partial charge in [-0.3, -0.25) is 4.79 Å². The summed E-state index contributed by atoms with van der Waals surface area (Å²) in [6, 6.07) is 6.96. The van der Waals surface area contributed by atoms with Gasteiger partial charge in [0.05, 0.1) is 30.8 Å². The van der Waals surface area contributed by atoms with Crippen molar-refractivity contribution < 1.29 is 19.0 Å². The van der Waals surface area contributed by atoms with Crippen LogP contribution in [-0.4, -0.2) is 41.7 Å². The van der Waals surface area contributed by atoms with Crippen molar-refractivity contribution in [2.45, 2.75) is 33.3 Å². The molecule has 11 heteroatoms. The molecule has 8 nitrogen and oxygen atoms in total. The molecule has 0 spiro atoms. The number of nitrogens with zero attached hydrogens (tertiary/aromatic N) is 3. The van der Waals surface area contributed by atoms with E-state index in [1.165, 1.54) is 18.0 Å². The second kappa shape index (κ2) is 11.3. The molecule has 0 radical (unpaired) electrons. The maximum Gasteiger partial charge on any atom is 0.347 e. The Kier molecular flexibility index (Phi) is 8.72. The average molecular weight is 616 g/mol. The minimum atomic E-state index is -0.897. The van der Waals surface area contributed by atoms with E-state index in [1.807, 2.05) is 13.0 Å². The summed E-state index contributed by atoms with van der Waals surface area (Å²) in [5.74, 6) is 0.449. The molecule has 1 atom stereocenters. The highest BCUT2D eigenvalue weighted by Crippen LogP contribution is 2.42. The zero-order valence-electron chi connectivity index (χ0n) is 18.9. The standard InChI is InChI=1S/C23H22Br2ClN3O5/c1-5-18-28-16-8-7-14(24)10-15(16)22(30)29(18)27-11-13-9-17(32-4)21(20(26)19(13)25)34-12(3)23(31)33-6-2/h7-12H,5-6H2,1-4H3/t12-/m1/s1. The van der Waals surface area contributed by atoms with Gasteiger partial charge >= 0.3 is 5.97 Å². The molecule has 0 N–H and O–H groups in total. The smallest absolute Gasteiger partial charge is 0.347 e. The molecular formula is C23H22Br2ClN3O5. The first kappa shape index (κ1) is 26.2. The van der Waals surface area contributed by atoms with Gasteiger partial charge in [-0.1, -0.05) is 34.5 Å². The number of carbonyl (C=O) groups is 1. The van der Waals surface area contributed by atoms with Crippen molar-refractivity contribution in [3.63, 3.8) is 0 Å². The summed E-state index contributed by atoms with van der Waals surface area (Å²) < 4.78 is 18.6. The first-order valence-corrected chi connectivity index (χ1v) is 12.3. The van der Waals surface area contributed by atoms with E-state index < -0.39 is 12.1 Å². The van der Waals surface area contributed by atoms with Gasteiger partial charge in [0.1, 0.15) is 10.8 Å². The largest absolute Gasteiger partial charge is 0.493 e. The van der Waals surface area contributed by atoms with Gasteiger partial charge in [0.25, 0.3) is 5.56 Å². The van der Waals surface area contributed by atoms with Gasteiger partial charge in [0.15, 0.2) is 17.6 Å². The Morgan fingerprint density at radius 3 is 2.68 bits per heavy atom. The van der Waals surface area contributed by atoms with E-state index in [0.717, 1.165) is 4.47 Å². The Hall–Kier alpha value is -2.43. The first-order chi connectivity index (χ1) is 16.2. The molecule has 2 aromatic carbocycles. The molecule has 3 aromatic rings. The fourth-order valence-corrected chi connectivity index (χ4v) is 4.11. The maximum absolute atomic E-state index is 13.1. The normalized spacial score (nSPS) is 12.2. The Labute approximate surface area is 218 Å². The zero-order chi connectivity index (χ0) is 25.0. The number of hydrogen-bond acceptors (Lipinski definition) is 7. The van der Waals surface area contributed by atoms with Gasteiger partial charge in [-0.05, 0) is 54.0 Å². The third-order valence-corrected chi connectivity index (χ3v) is 6.73. The van der Waals surface area contributed by atoms with Crippen LogP contribution < -0.4 is 15.0 Å². The number of ether oxygens (including phenoxy) is 3. The number of carbonyl (C=O) groups excluding carboxylic acids is 1. The van der Waals surface area contributed by atoms with Crippen LogP contribution in [0.1, 0.15) is 32.2 Å². The van der Waals surface area contributed by atoms with E-state index in [4.69, 9.17) is 25.8 Å². The lowest BCUT2D eigenvalue weighted by Crippen LogP contribution is -2.26. The lowest BCUT2D eigenvalue weighted by atomic mass is 10.2. The minimum Gasteiger partial charge on any atom is -0.493 e. The van der Waals surface area contributed by atoms with Crippen molar-refractivity contribution in [1.29, 1.82) is 0 Å². The quantitative estimate of drug-likeness (QED) is 0.250. The number of benzene rings is 2. The Balaban J connectivity index is 2.05. The maximum atomic E-state index is 13.1. The fraction of sp³-hybridized carbons (Fsp3) is 0.304. The lowest BCUT2D eigenvalue weighted by Gasteiger charge is -2.18. The summed E-state index contributed by atoms with van der Waals surface area (Å²) >= 11 is 13.4. The Bertz CT molecular complexity index is 1330. The molecule has 0 fully saturated rings. The molecule has 0 bridgehead atoms. The number of esters is 1. The van der Waals surface area contributed by atoms with Gasteiger partial charge in [-0.25, -0.2) is 9.78 Å². The topological polar surface area (TPSA) is 92.0 Å². The van der Waals surface area contributed by atoms with Crippen molar-refractivity contribution in [1.82, 2.24) is 9.66 Å². The van der Waals surface area contributed by atoms with Crippen molar-refractivity contribution >= 4 is 66.5 Å². The summed E-state index contributed by atoms with van der Waals surface area (Å²) in [6.07, 6.45) is 1.08. The summed E-state index contributed by atoms with van der Waals surface area (Å²) in [5, 5.41) is 5.01. The van der Waals surface area contributed by atoms with Crippen LogP contribution in [0.3, 0.4) is 0 Å². The van der Waals surface area contributed by atoms with Crippen molar-refractivity contribution in [2.24, 2.45) is 5.10 Å². The molecule has 0 saturated heterocycles. The zero-order valence-corrected chi connectivity index (χ0v) is 22.8. The predicted molar refractivity (Wildman–Crippen MR) is 138 cm³/mol. The van der Waals surface area contributed by atoms with Gasteiger partial charge < -0.3 is 14.2 Å². The number of aryl methyl sites for hydroxylation is 1. The summed E-state index contributed by atoms with van der Waals surface area (Å²) in [5.41, 5.74) is 0.831. The molecule has 0 aliphatic carbocycles. The van der Waals surface area contributed by atoms with Crippen LogP contribution in [-0.2, 0) is 16.0 Å². The van der Waals surface area contributed by atoms with Crippen LogP contribution in [0.5, 0.6) is 11.5 Å². The third-order valence-electron chi connectivity index (χ3n) is 4.79. The Morgan fingerprint density at radius 1 is 1.29 bits per heavy atom. The number of hydrogen-bond donors (Lipinski definition) is 0. The van der Waals surface area contributed by atoms with E-state index in [0.29, 0.717) is 33.2 Å². The van der Waals surface area contributed by atoms with Gasteiger partial charge in [0.2, 0.25) is 0 Å². The molecule has 3 rings (SSSR count). The van der Waals surface area contributed by atoms with E-state index in [2.05, 4.69) is 41.9 Å². The van der Waals surface area contributed by atoms with Crippen molar-refractivity contribution in [2.75, 3.05) is 13.7 Å². The molecule has 0 amide bonds. The molecular weight excluding hydrogens is 594 g/mol. The molecule has 1 heterocycles. The Morgan fingerprint density at radius 2 is 2.03 bits per heavy atom. The average Bonchev–Trinajstić information content (AvgIpc) is 2.82. The fourth-order valence-electron chi connectivity index (χ4n) is 3.11. The molecule has 180 valence electrons. The van der Waals surface area contributed by atoms with Crippen LogP contribution in [0.15, 0.2) is 43.1 Å². The van der Waals surface area contributed by atoms with Crippen molar-refractivity contribution in [3.05, 3.63) is 60.0 Å². The first-order valence-electron chi connectivity index (χ1n) is 10.4. The summed E-state index contributed by atoms with van der Waals surface area (Å²) in [6.45, 7) is 5.39. The highest BCUT2D eigenvalue weighted by molar-refractivity contribution is 9.10. The molecule has 0 unspecified atom stereocenters. The van der Waals surface area contributed by atoms with Gasteiger partial charge in [-0.15, -0.1) is 0 Å². The number of aromatic nitrogens is 2. The van der Waals surface area contributed by atoms with E-state index >= 15 is 0 Å². The van der Waals surface area contributed by atoms with Crippen LogP contribution in [0.4, 0.5) is 0 Å². The van der Waals surface area contributed by atoms with Crippen LogP contribution >= 0.6 is 43.5 Å². The predicted octanol–water partition coefficient (Wildman–Crippen LogP) is 5.36. The van der Waals surface area contributed by atoms with Crippen LogP contribution in [0, 0.1) is 0 Å². The van der Waals surface area contributed by atoms with E-state index in [1.54, 1.807) is 32.0 Å². The summed E-state index contributed by atoms with van der Waals surface area (Å²) in [4.78, 5) is 29.6. The molecule has 0 aliphatic rings. The third kappa shape index (κ3) is 5.45. The number of methoxy groups -OCH3 is 1. The second-order valence-electron chi connectivity index (χ2n) is 7.04. The summed E-state index contributed by atoms with van der Waals surface area (Å²) in [7, 11) is 1.45. The van der Waals surface area contributed by atoms with Crippen molar-refractivity contribution in [3.8, 4) is 11.5 Å². The van der Waals surface area contributed by atoms with E-state index in [-0.39, 0.29) is 28.7 Å². The molecule has 34 heavy (non-hydrogen) atoms.